The fraction of sp³-hybridized carbons (Fsp3) is 0.200. The Morgan fingerprint density at radius 2 is 1.44 bits per heavy atom. The highest BCUT2D eigenvalue weighted by Gasteiger charge is 2.16. The maximum Gasteiger partial charge on any atom is 0.136 e. The fourth-order valence-corrected chi connectivity index (χ4v) is 2.29. The number of rotatable bonds is 3. The van der Waals surface area contributed by atoms with Crippen molar-refractivity contribution in [1.82, 2.24) is 4.25 Å². The minimum atomic E-state index is 0. The molecule has 1 nitrogen and oxygen atoms in total. The molecule has 0 saturated carbocycles. The maximum atomic E-state index is 2.87. The Morgan fingerprint density at radius 1 is 0.889 bits per heavy atom. The molecule has 0 fully saturated rings. The van der Waals surface area contributed by atoms with Crippen molar-refractivity contribution in [2.45, 2.75) is 6.42 Å². The molecule has 0 heterocycles. The van der Waals surface area contributed by atoms with E-state index in [0.29, 0.717) is 0 Å². The van der Waals surface area contributed by atoms with E-state index in [1.807, 2.05) is 0 Å². The number of hydrogen-bond donors (Lipinski definition) is 0. The summed E-state index contributed by atoms with van der Waals surface area (Å²) in [5.74, 6) is 0. The minimum absolute atomic E-state index is 0. The van der Waals surface area contributed by atoms with Crippen molar-refractivity contribution < 1.29 is 12.4 Å². The smallest absolute Gasteiger partial charge is 0.136 e. The van der Waals surface area contributed by atoms with Crippen LogP contribution >= 0.6 is 9.39 Å². The predicted molar refractivity (Wildman–Crippen MR) is 79.0 cm³/mol. The van der Waals surface area contributed by atoms with E-state index < -0.39 is 0 Å². The summed E-state index contributed by atoms with van der Waals surface area (Å²) in [6.45, 7) is 0. The van der Waals surface area contributed by atoms with Gasteiger partial charge in [0.1, 0.15) is 5.69 Å². The second kappa shape index (κ2) is 6.33. The quantitative estimate of drug-likeness (QED) is 0.724. The summed E-state index contributed by atoms with van der Waals surface area (Å²) >= 11 is 0. The van der Waals surface area contributed by atoms with Crippen molar-refractivity contribution in [3.8, 4) is 0 Å². The third-order valence-corrected chi connectivity index (χ3v) is 3.13. The number of halogens is 1. The zero-order valence-corrected chi connectivity index (χ0v) is 12.7. The van der Waals surface area contributed by atoms with Crippen LogP contribution in [0.2, 0.25) is 0 Å². The molecule has 0 amide bonds. The molecule has 0 aliphatic rings. The Balaban J connectivity index is 0.00000162. The van der Waals surface area contributed by atoms with Gasteiger partial charge in [0.15, 0.2) is 0 Å². The molecule has 96 valence electrons. The number of quaternary nitrogens is 1. The second-order valence-electron chi connectivity index (χ2n) is 4.83. The van der Waals surface area contributed by atoms with Gasteiger partial charge >= 0.3 is 0 Å². The van der Waals surface area contributed by atoms with E-state index in [9.17, 15) is 0 Å². The van der Waals surface area contributed by atoms with Crippen LogP contribution in [0.5, 0.6) is 0 Å². The number of hydrogen-bond acceptors (Lipinski definition) is 0. The lowest BCUT2D eigenvalue weighted by Gasteiger charge is -2.25. The Morgan fingerprint density at radius 3 is 2.06 bits per heavy atom. The lowest BCUT2D eigenvalue weighted by atomic mass is 10.0. The highest BCUT2D eigenvalue weighted by molar-refractivity contribution is 7.16. The topological polar surface area (TPSA) is 0 Å². The zero-order chi connectivity index (χ0) is 12.3. The summed E-state index contributed by atoms with van der Waals surface area (Å²) in [5.41, 5.74) is 4.10. The maximum absolute atomic E-state index is 2.87. The van der Waals surface area contributed by atoms with Crippen LogP contribution in [0.3, 0.4) is 0 Å². The molecular weight excluding hydrogens is 261 g/mol. The normalized spacial score (nSPS) is 10.8. The summed E-state index contributed by atoms with van der Waals surface area (Å²) in [6, 6.07) is 19.2. The van der Waals surface area contributed by atoms with Crippen molar-refractivity contribution in [3.05, 3.63) is 65.7 Å². The van der Waals surface area contributed by atoms with E-state index in [4.69, 9.17) is 0 Å². The molecule has 0 aliphatic carbocycles. The Bertz CT molecular complexity index is 491. The first-order valence-corrected chi connectivity index (χ1v) is 6.34. The molecule has 0 aromatic heterocycles. The fourth-order valence-electron chi connectivity index (χ4n) is 2.04. The number of para-hydroxylation sites is 1. The van der Waals surface area contributed by atoms with E-state index in [0.717, 1.165) is 10.7 Å². The van der Waals surface area contributed by atoms with Crippen LogP contribution in [0.1, 0.15) is 11.1 Å². The van der Waals surface area contributed by atoms with E-state index in [2.05, 4.69) is 78.1 Å². The molecule has 2 aromatic rings. The Hall–Kier alpha value is -0.880. The molecule has 2 aromatic carbocycles. The van der Waals surface area contributed by atoms with Crippen LogP contribution < -0.4 is 16.7 Å². The third kappa shape index (κ3) is 3.81. The molecule has 0 radical (unpaired) electrons. The van der Waals surface area contributed by atoms with Gasteiger partial charge in [0, 0.05) is 12.0 Å². The average molecular weight is 280 g/mol. The van der Waals surface area contributed by atoms with Crippen molar-refractivity contribution in [1.29, 1.82) is 0 Å². The van der Waals surface area contributed by atoms with E-state index >= 15 is 0 Å². The van der Waals surface area contributed by atoms with Gasteiger partial charge in [-0.1, -0.05) is 48.5 Å². The van der Waals surface area contributed by atoms with E-state index in [1.165, 1.54) is 16.8 Å². The standard InChI is InChI=1S/C15H19NP.ClH/c1-16(2,17)15-11-7-6-10-14(15)12-13-8-4-3-5-9-13;/h3-11H,12,17H2,1-2H3;1H/q+1;/p-1. The molecule has 18 heavy (non-hydrogen) atoms. The van der Waals surface area contributed by atoms with Gasteiger partial charge in [-0.15, -0.1) is 0 Å². The first-order valence-electron chi connectivity index (χ1n) is 5.82. The van der Waals surface area contributed by atoms with E-state index in [1.54, 1.807) is 0 Å². The van der Waals surface area contributed by atoms with Crippen LogP contribution in [-0.4, -0.2) is 14.1 Å². The van der Waals surface area contributed by atoms with Gasteiger partial charge in [-0.2, -0.15) is 0 Å². The SMILES string of the molecule is C[N+](C)(P)c1ccccc1Cc1ccccc1.[Cl-]. The van der Waals surface area contributed by atoms with Gasteiger partial charge < -0.3 is 12.4 Å². The molecule has 3 heteroatoms. The van der Waals surface area contributed by atoms with Crippen LogP contribution in [-0.2, 0) is 6.42 Å². The Kier molecular flexibility index (Phi) is 5.34. The molecular formula is C15H19ClNP. The van der Waals surface area contributed by atoms with Crippen molar-refractivity contribution >= 4 is 15.1 Å². The Labute approximate surface area is 118 Å². The average Bonchev–Trinajstić information content (AvgIpc) is 2.30. The van der Waals surface area contributed by atoms with Gasteiger partial charge in [0.05, 0.1) is 23.5 Å². The molecule has 1 atom stereocenters. The molecule has 0 spiro atoms. The number of nitrogens with zero attached hydrogens (tertiary/aromatic N) is 1. The van der Waals surface area contributed by atoms with Crippen molar-refractivity contribution in [3.63, 3.8) is 0 Å². The van der Waals surface area contributed by atoms with Gasteiger partial charge in [-0.3, -0.25) is 4.25 Å². The summed E-state index contributed by atoms with van der Waals surface area (Å²) < 4.78 is 0.781. The first-order chi connectivity index (χ1) is 8.07. The lowest BCUT2D eigenvalue weighted by Crippen LogP contribution is -3.00. The van der Waals surface area contributed by atoms with E-state index in [-0.39, 0.29) is 12.4 Å². The highest BCUT2D eigenvalue weighted by atomic mass is 35.5. The summed E-state index contributed by atoms with van der Waals surface area (Å²) in [6.07, 6.45) is 0.993. The second-order valence-corrected chi connectivity index (χ2v) is 6.12. The van der Waals surface area contributed by atoms with Crippen molar-refractivity contribution in [2.24, 2.45) is 0 Å². The summed E-state index contributed by atoms with van der Waals surface area (Å²) in [5, 5.41) is 0. The van der Waals surface area contributed by atoms with Gasteiger partial charge in [0.25, 0.3) is 0 Å². The minimum Gasteiger partial charge on any atom is -1.00 e. The lowest BCUT2D eigenvalue weighted by molar-refractivity contribution is -0.00000344. The van der Waals surface area contributed by atoms with Crippen molar-refractivity contribution in [2.75, 3.05) is 14.1 Å². The zero-order valence-electron chi connectivity index (χ0n) is 10.8. The molecule has 1 unspecified atom stereocenters. The summed E-state index contributed by atoms with van der Waals surface area (Å²) in [7, 11) is 7.22. The number of benzene rings is 2. The van der Waals surface area contributed by atoms with Crippen LogP contribution in [0.25, 0.3) is 0 Å². The first kappa shape index (κ1) is 15.2. The predicted octanol–water partition coefficient (Wildman–Crippen LogP) is 0.638. The van der Waals surface area contributed by atoms with Gasteiger partial charge in [-0.05, 0) is 11.6 Å². The largest absolute Gasteiger partial charge is 1.00 e. The van der Waals surface area contributed by atoms with Crippen LogP contribution in [0.4, 0.5) is 5.69 Å². The monoisotopic (exact) mass is 279 g/mol. The van der Waals surface area contributed by atoms with Gasteiger partial charge in [-0.25, -0.2) is 0 Å². The highest BCUT2D eigenvalue weighted by Crippen LogP contribution is 2.29. The summed E-state index contributed by atoms with van der Waals surface area (Å²) in [4.78, 5) is 0. The molecule has 0 bridgehead atoms. The molecule has 0 saturated heterocycles. The molecule has 2 rings (SSSR count). The van der Waals surface area contributed by atoms with Crippen LogP contribution in [0.15, 0.2) is 54.6 Å². The van der Waals surface area contributed by atoms with Crippen LogP contribution in [0, 0.1) is 0 Å². The third-order valence-electron chi connectivity index (χ3n) is 2.85. The molecule has 0 N–H and O–H groups in total. The van der Waals surface area contributed by atoms with Gasteiger partial charge in [0.2, 0.25) is 0 Å². The molecule has 0 aliphatic heterocycles.